The number of hydrogen-bond donors (Lipinski definition) is 2. The molecule has 33 heavy (non-hydrogen) atoms. The second-order valence-electron chi connectivity index (χ2n) is 8.15. The zero-order chi connectivity index (χ0) is 23.0. The van der Waals surface area contributed by atoms with Gasteiger partial charge < -0.3 is 24.9 Å². The Labute approximate surface area is 190 Å². The van der Waals surface area contributed by atoms with Crippen LogP contribution in [0.25, 0.3) is 17.0 Å². The van der Waals surface area contributed by atoms with E-state index in [1.54, 1.807) is 23.1 Å². The minimum absolute atomic E-state index is 0.138. The number of carbonyl (C=O) groups is 1. The Morgan fingerprint density at radius 1 is 1.18 bits per heavy atom. The highest BCUT2D eigenvalue weighted by atomic mass is 19.1. The van der Waals surface area contributed by atoms with Gasteiger partial charge in [-0.05, 0) is 36.4 Å². The summed E-state index contributed by atoms with van der Waals surface area (Å²) < 4.78 is 24.9. The summed E-state index contributed by atoms with van der Waals surface area (Å²) in [5, 5.41) is 15.3. The quantitative estimate of drug-likeness (QED) is 0.588. The topological polar surface area (TPSA) is 91.5 Å². The maximum absolute atomic E-state index is 13.2. The Morgan fingerprint density at radius 3 is 2.61 bits per heavy atom. The van der Waals surface area contributed by atoms with E-state index >= 15 is 0 Å². The molecule has 2 aromatic carbocycles. The summed E-state index contributed by atoms with van der Waals surface area (Å²) in [4.78, 5) is 14.8. The van der Waals surface area contributed by atoms with Crippen molar-refractivity contribution in [3.05, 3.63) is 77.3 Å². The van der Waals surface area contributed by atoms with Crippen LogP contribution in [-0.4, -0.2) is 47.9 Å². The van der Waals surface area contributed by atoms with E-state index in [2.05, 4.69) is 10.5 Å². The maximum Gasteiger partial charge on any atom is 0.292 e. The van der Waals surface area contributed by atoms with Gasteiger partial charge >= 0.3 is 0 Å². The summed E-state index contributed by atoms with van der Waals surface area (Å²) in [7, 11) is 1.84. The van der Waals surface area contributed by atoms with E-state index in [-0.39, 0.29) is 17.5 Å². The Hall–Kier alpha value is -3.94. The third-order valence-electron chi connectivity index (χ3n) is 6.34. The summed E-state index contributed by atoms with van der Waals surface area (Å²) in [5.74, 6) is 0.314. The molecule has 1 fully saturated rings. The van der Waals surface area contributed by atoms with Crippen molar-refractivity contribution in [2.75, 3.05) is 20.1 Å². The van der Waals surface area contributed by atoms with Gasteiger partial charge in [-0.25, -0.2) is 4.39 Å². The van der Waals surface area contributed by atoms with E-state index in [0.29, 0.717) is 37.2 Å². The highest BCUT2D eigenvalue weighted by molar-refractivity contribution is 5.95. The number of piperidine rings is 1. The number of hydrogen-bond acceptors (Lipinski definition) is 6. The van der Waals surface area contributed by atoms with Crippen molar-refractivity contribution < 1.29 is 18.4 Å². The van der Waals surface area contributed by atoms with Crippen LogP contribution >= 0.6 is 0 Å². The van der Waals surface area contributed by atoms with Crippen LogP contribution < -0.4 is 10.1 Å². The number of para-hydroxylation sites is 1. The van der Waals surface area contributed by atoms with E-state index in [1.807, 2.05) is 31.3 Å². The van der Waals surface area contributed by atoms with E-state index in [1.165, 1.54) is 18.3 Å². The molecule has 2 aliphatic heterocycles. The number of nitrogens with zero attached hydrogens (tertiary/aromatic N) is 2. The number of aromatic nitrogens is 1. The molecule has 168 valence electrons. The van der Waals surface area contributed by atoms with Gasteiger partial charge in [-0.3, -0.25) is 4.79 Å². The molecule has 1 spiro atoms. The normalized spacial score (nSPS) is 16.8. The Morgan fingerprint density at radius 2 is 1.91 bits per heavy atom. The van der Waals surface area contributed by atoms with Gasteiger partial charge in [0.1, 0.15) is 22.9 Å². The molecule has 3 aromatic rings. The monoisotopic (exact) mass is 446 g/mol. The minimum atomic E-state index is -0.675. The van der Waals surface area contributed by atoms with Crippen molar-refractivity contribution in [2.45, 2.75) is 18.4 Å². The van der Waals surface area contributed by atoms with Crippen LogP contribution in [-0.2, 0) is 0 Å². The largest absolute Gasteiger partial charge is 0.482 e. The Bertz CT molecular complexity index is 1240. The molecular formula is C25H23FN4O3. The third-order valence-corrected chi connectivity index (χ3v) is 6.34. The Balaban J connectivity index is 1.35. The average molecular weight is 446 g/mol. The number of nitrogens with one attached hydrogen (secondary N) is 2. The van der Waals surface area contributed by atoms with Crippen LogP contribution in [0.15, 0.2) is 64.7 Å². The van der Waals surface area contributed by atoms with Gasteiger partial charge in [0.15, 0.2) is 0 Å². The van der Waals surface area contributed by atoms with Gasteiger partial charge in [-0.15, -0.1) is 0 Å². The second kappa shape index (κ2) is 8.20. The smallest absolute Gasteiger partial charge is 0.292 e. The van der Waals surface area contributed by atoms with Crippen LogP contribution in [0, 0.1) is 11.2 Å². The van der Waals surface area contributed by atoms with Crippen molar-refractivity contribution in [3.8, 4) is 17.0 Å². The maximum atomic E-state index is 13.2. The summed E-state index contributed by atoms with van der Waals surface area (Å²) in [6.07, 6.45) is 2.44. The molecule has 2 N–H and O–H groups in total. The number of likely N-dealkylation sites (tertiary alicyclic amines) is 1. The zero-order valence-corrected chi connectivity index (χ0v) is 18.1. The van der Waals surface area contributed by atoms with E-state index in [4.69, 9.17) is 14.7 Å². The van der Waals surface area contributed by atoms with E-state index in [0.717, 1.165) is 22.6 Å². The van der Waals surface area contributed by atoms with Crippen molar-refractivity contribution in [1.29, 1.82) is 5.41 Å². The van der Waals surface area contributed by atoms with E-state index < -0.39 is 5.60 Å². The number of ether oxygens (including phenoxy) is 1. The first-order chi connectivity index (χ1) is 16.0. The fourth-order valence-corrected chi connectivity index (χ4v) is 4.60. The number of carbonyl (C=O) groups excluding carboxylic acids is 1. The molecule has 1 aromatic heterocycles. The molecule has 3 heterocycles. The molecule has 0 bridgehead atoms. The number of rotatable bonds is 4. The standard InChI is InChI=1S/C25H23FN4O3/c1-28-23-18-4-2-3-5-21(18)32-25(19(23)15-27)10-12-30(13-11-25)24(31)22-14-20(29-33-22)16-6-8-17(26)9-7-16/h2-9,14-15,27-28H,10-13H2,1H3. The van der Waals surface area contributed by atoms with Crippen LogP contribution in [0.4, 0.5) is 4.39 Å². The molecule has 0 unspecified atom stereocenters. The minimum Gasteiger partial charge on any atom is -0.482 e. The second-order valence-corrected chi connectivity index (χ2v) is 8.15. The molecule has 0 atom stereocenters. The van der Waals surface area contributed by atoms with Crippen molar-refractivity contribution in [2.24, 2.45) is 0 Å². The number of amides is 1. The van der Waals surface area contributed by atoms with Gasteiger partial charge in [0.2, 0.25) is 5.76 Å². The number of benzene rings is 2. The molecule has 5 rings (SSSR count). The molecule has 1 amide bonds. The summed E-state index contributed by atoms with van der Waals surface area (Å²) in [6.45, 7) is 0.893. The van der Waals surface area contributed by atoms with Crippen molar-refractivity contribution in [3.63, 3.8) is 0 Å². The van der Waals surface area contributed by atoms with Gasteiger partial charge in [0, 0.05) is 62.0 Å². The SMILES string of the molecule is CNC1=C(C=N)C2(CCN(C(=O)c3cc(-c4ccc(F)cc4)no3)CC2)Oc2ccccc21. The number of fused-ring (bicyclic) bond motifs is 1. The fraction of sp³-hybridized carbons (Fsp3) is 0.240. The number of halogens is 1. The first-order valence-corrected chi connectivity index (χ1v) is 10.8. The van der Waals surface area contributed by atoms with Crippen molar-refractivity contribution >= 4 is 17.8 Å². The summed E-state index contributed by atoms with van der Waals surface area (Å²) >= 11 is 0. The molecule has 0 saturated carbocycles. The van der Waals surface area contributed by atoms with Gasteiger partial charge in [-0.2, -0.15) is 0 Å². The van der Waals surface area contributed by atoms with Crippen LogP contribution in [0.3, 0.4) is 0 Å². The highest BCUT2D eigenvalue weighted by Crippen LogP contribution is 2.44. The predicted octanol–water partition coefficient (Wildman–Crippen LogP) is 4.13. The van der Waals surface area contributed by atoms with Crippen LogP contribution in [0.5, 0.6) is 5.75 Å². The third kappa shape index (κ3) is 3.57. The molecule has 7 nitrogen and oxygen atoms in total. The molecular weight excluding hydrogens is 423 g/mol. The first-order valence-electron chi connectivity index (χ1n) is 10.8. The molecule has 0 aliphatic carbocycles. The van der Waals surface area contributed by atoms with Gasteiger partial charge in [-0.1, -0.05) is 17.3 Å². The van der Waals surface area contributed by atoms with Crippen LogP contribution in [0.2, 0.25) is 0 Å². The van der Waals surface area contributed by atoms with Crippen LogP contribution in [0.1, 0.15) is 29.0 Å². The average Bonchev–Trinajstić information content (AvgIpc) is 3.34. The molecule has 2 aliphatic rings. The molecule has 1 saturated heterocycles. The lowest BCUT2D eigenvalue weighted by molar-refractivity contribution is 0.0271. The molecule has 8 heteroatoms. The zero-order valence-electron chi connectivity index (χ0n) is 18.1. The highest BCUT2D eigenvalue weighted by Gasteiger charge is 2.45. The van der Waals surface area contributed by atoms with E-state index in [9.17, 15) is 9.18 Å². The first kappa shape index (κ1) is 20.9. The molecule has 0 radical (unpaired) electrons. The lowest BCUT2D eigenvalue weighted by Crippen LogP contribution is -2.52. The van der Waals surface area contributed by atoms with Gasteiger partial charge in [0.05, 0.1) is 5.70 Å². The van der Waals surface area contributed by atoms with Crippen molar-refractivity contribution in [1.82, 2.24) is 15.4 Å². The van der Waals surface area contributed by atoms with Gasteiger partial charge in [0.25, 0.3) is 5.91 Å². The lowest BCUT2D eigenvalue weighted by Gasteiger charge is -2.45. The summed E-state index contributed by atoms with van der Waals surface area (Å²) in [5.41, 5.74) is 3.07. The summed E-state index contributed by atoms with van der Waals surface area (Å²) in [6, 6.07) is 15.2. The predicted molar refractivity (Wildman–Crippen MR) is 122 cm³/mol. The fourth-order valence-electron chi connectivity index (χ4n) is 4.60. The Kier molecular flexibility index (Phi) is 5.20. The lowest BCUT2D eigenvalue weighted by atomic mass is 9.80.